The highest BCUT2D eigenvalue weighted by Gasteiger charge is 2.06. The fraction of sp³-hybridized carbons (Fsp3) is 0.333. The van der Waals surface area contributed by atoms with Crippen molar-refractivity contribution in [3.8, 4) is 11.5 Å². The van der Waals surface area contributed by atoms with Crippen LogP contribution in [0.25, 0.3) is 0 Å². The van der Waals surface area contributed by atoms with E-state index in [1.165, 1.54) is 0 Å². The van der Waals surface area contributed by atoms with Crippen molar-refractivity contribution in [2.24, 2.45) is 0 Å². The van der Waals surface area contributed by atoms with Gasteiger partial charge in [0, 0.05) is 18.2 Å². The third kappa shape index (κ3) is 4.80. The van der Waals surface area contributed by atoms with Crippen LogP contribution in [0.2, 0.25) is 0 Å². The second kappa shape index (κ2) is 8.32. The van der Waals surface area contributed by atoms with Gasteiger partial charge in [-0.1, -0.05) is 43.3 Å². The van der Waals surface area contributed by atoms with E-state index in [4.69, 9.17) is 9.47 Å². The second-order valence-electron chi connectivity index (χ2n) is 4.92. The molecule has 2 aromatic rings. The van der Waals surface area contributed by atoms with Gasteiger partial charge >= 0.3 is 0 Å². The van der Waals surface area contributed by atoms with Crippen LogP contribution in [0.15, 0.2) is 48.5 Å². The summed E-state index contributed by atoms with van der Waals surface area (Å²) in [5.41, 5.74) is 2.30. The minimum Gasteiger partial charge on any atom is -0.493 e. The Hall–Kier alpha value is -2.00. The van der Waals surface area contributed by atoms with Crippen molar-refractivity contribution in [1.82, 2.24) is 5.32 Å². The van der Waals surface area contributed by atoms with Gasteiger partial charge in [-0.2, -0.15) is 0 Å². The van der Waals surface area contributed by atoms with E-state index in [-0.39, 0.29) is 0 Å². The summed E-state index contributed by atoms with van der Waals surface area (Å²) in [5.74, 6) is 1.74. The van der Waals surface area contributed by atoms with Gasteiger partial charge in [0.2, 0.25) is 0 Å². The highest BCUT2D eigenvalue weighted by Crippen LogP contribution is 2.26. The Balaban J connectivity index is 2.09. The third-order valence-electron chi connectivity index (χ3n) is 3.12. The average Bonchev–Trinajstić information content (AvgIpc) is 2.53. The molecular formula is C18H23NO2. The highest BCUT2D eigenvalue weighted by atomic mass is 16.5. The standard InChI is InChI=1S/C18H23NO2/c1-3-11-20-17-10-9-16(13-19-2)18(12-17)21-14-15-7-5-4-6-8-15/h4-10,12,19H,3,11,13-14H2,1-2H3. The Bertz CT molecular complexity index is 540. The van der Waals surface area contributed by atoms with Crippen LogP contribution in [0, 0.1) is 0 Å². The largest absolute Gasteiger partial charge is 0.493 e. The van der Waals surface area contributed by atoms with E-state index in [0.29, 0.717) is 6.61 Å². The maximum atomic E-state index is 5.98. The van der Waals surface area contributed by atoms with Gasteiger partial charge in [0.05, 0.1) is 6.61 Å². The van der Waals surface area contributed by atoms with Gasteiger partial charge in [-0.3, -0.25) is 0 Å². The summed E-state index contributed by atoms with van der Waals surface area (Å²) in [4.78, 5) is 0. The van der Waals surface area contributed by atoms with Crippen LogP contribution in [0.5, 0.6) is 11.5 Å². The molecule has 0 saturated heterocycles. The van der Waals surface area contributed by atoms with E-state index < -0.39 is 0 Å². The zero-order chi connectivity index (χ0) is 14.9. The SMILES string of the molecule is CCCOc1ccc(CNC)c(OCc2ccccc2)c1. The smallest absolute Gasteiger partial charge is 0.127 e. The molecule has 0 heterocycles. The molecular weight excluding hydrogens is 262 g/mol. The molecule has 0 spiro atoms. The van der Waals surface area contributed by atoms with Crippen LogP contribution in [0.1, 0.15) is 24.5 Å². The minimum atomic E-state index is 0.564. The number of hydrogen-bond acceptors (Lipinski definition) is 3. The first-order chi connectivity index (χ1) is 10.3. The lowest BCUT2D eigenvalue weighted by atomic mass is 10.2. The van der Waals surface area contributed by atoms with Crippen molar-refractivity contribution < 1.29 is 9.47 Å². The van der Waals surface area contributed by atoms with Crippen molar-refractivity contribution in [1.29, 1.82) is 0 Å². The molecule has 3 nitrogen and oxygen atoms in total. The second-order valence-corrected chi connectivity index (χ2v) is 4.92. The van der Waals surface area contributed by atoms with Gasteiger partial charge in [0.15, 0.2) is 0 Å². The summed E-state index contributed by atoms with van der Waals surface area (Å²) in [6.07, 6.45) is 0.998. The molecule has 1 N–H and O–H groups in total. The Kier molecular flexibility index (Phi) is 6.10. The van der Waals surface area contributed by atoms with Crippen molar-refractivity contribution in [2.45, 2.75) is 26.5 Å². The van der Waals surface area contributed by atoms with Crippen LogP contribution >= 0.6 is 0 Å². The molecule has 0 atom stereocenters. The molecule has 3 heteroatoms. The van der Waals surface area contributed by atoms with Crippen molar-refractivity contribution >= 4 is 0 Å². The van der Waals surface area contributed by atoms with E-state index in [1.54, 1.807) is 0 Å². The summed E-state index contributed by atoms with van der Waals surface area (Å²) < 4.78 is 11.7. The zero-order valence-electron chi connectivity index (χ0n) is 12.8. The molecule has 0 saturated carbocycles. The molecule has 0 aliphatic heterocycles. The Morgan fingerprint density at radius 1 is 1.00 bits per heavy atom. The zero-order valence-corrected chi connectivity index (χ0v) is 12.8. The van der Waals surface area contributed by atoms with Crippen molar-refractivity contribution in [3.63, 3.8) is 0 Å². The lowest BCUT2D eigenvalue weighted by Crippen LogP contribution is -2.08. The monoisotopic (exact) mass is 285 g/mol. The summed E-state index contributed by atoms with van der Waals surface area (Å²) >= 11 is 0. The maximum absolute atomic E-state index is 5.98. The van der Waals surface area contributed by atoms with Gasteiger partial charge in [-0.05, 0) is 25.1 Å². The molecule has 0 aliphatic rings. The number of ether oxygens (including phenoxy) is 2. The van der Waals surface area contributed by atoms with Crippen LogP contribution < -0.4 is 14.8 Å². The van der Waals surface area contributed by atoms with E-state index in [1.807, 2.05) is 37.4 Å². The van der Waals surface area contributed by atoms with E-state index in [0.717, 1.165) is 42.2 Å². The summed E-state index contributed by atoms with van der Waals surface area (Å²) in [5, 5.41) is 3.16. The summed E-state index contributed by atoms with van der Waals surface area (Å²) in [6.45, 7) is 4.17. The van der Waals surface area contributed by atoms with Gasteiger partial charge in [-0.25, -0.2) is 0 Å². The lowest BCUT2D eigenvalue weighted by molar-refractivity contribution is 0.292. The number of nitrogens with one attached hydrogen (secondary N) is 1. The maximum Gasteiger partial charge on any atom is 0.127 e. The van der Waals surface area contributed by atoms with Gasteiger partial charge in [-0.15, -0.1) is 0 Å². The molecule has 0 bridgehead atoms. The quantitative estimate of drug-likeness (QED) is 0.801. The summed E-state index contributed by atoms with van der Waals surface area (Å²) in [7, 11) is 1.93. The van der Waals surface area contributed by atoms with Gasteiger partial charge < -0.3 is 14.8 Å². The fourth-order valence-electron chi connectivity index (χ4n) is 2.05. The fourth-order valence-corrected chi connectivity index (χ4v) is 2.05. The molecule has 21 heavy (non-hydrogen) atoms. The third-order valence-corrected chi connectivity index (χ3v) is 3.12. The molecule has 0 amide bonds. The predicted octanol–water partition coefficient (Wildman–Crippen LogP) is 3.77. The average molecular weight is 285 g/mol. The first-order valence-electron chi connectivity index (χ1n) is 7.40. The number of rotatable bonds is 8. The molecule has 2 rings (SSSR count). The summed E-state index contributed by atoms with van der Waals surface area (Å²) in [6, 6.07) is 16.2. The Labute approximate surface area is 126 Å². The molecule has 0 radical (unpaired) electrons. The topological polar surface area (TPSA) is 30.5 Å². The molecule has 0 unspecified atom stereocenters. The van der Waals surface area contributed by atoms with Crippen LogP contribution in [0.3, 0.4) is 0 Å². The van der Waals surface area contributed by atoms with Gasteiger partial charge in [0.1, 0.15) is 18.1 Å². The van der Waals surface area contributed by atoms with E-state index in [2.05, 4.69) is 30.4 Å². The molecule has 0 aliphatic carbocycles. The number of benzene rings is 2. The van der Waals surface area contributed by atoms with Crippen molar-refractivity contribution in [2.75, 3.05) is 13.7 Å². The van der Waals surface area contributed by atoms with E-state index in [9.17, 15) is 0 Å². The molecule has 2 aromatic carbocycles. The normalized spacial score (nSPS) is 10.4. The number of hydrogen-bond donors (Lipinski definition) is 1. The predicted molar refractivity (Wildman–Crippen MR) is 85.8 cm³/mol. The van der Waals surface area contributed by atoms with Crippen LogP contribution in [0.4, 0.5) is 0 Å². The minimum absolute atomic E-state index is 0.564. The van der Waals surface area contributed by atoms with E-state index >= 15 is 0 Å². The Morgan fingerprint density at radius 3 is 2.52 bits per heavy atom. The highest BCUT2D eigenvalue weighted by molar-refractivity contribution is 5.41. The first kappa shape index (κ1) is 15.4. The lowest BCUT2D eigenvalue weighted by Gasteiger charge is -2.14. The molecule has 0 aromatic heterocycles. The first-order valence-corrected chi connectivity index (χ1v) is 7.40. The van der Waals surface area contributed by atoms with Crippen LogP contribution in [-0.4, -0.2) is 13.7 Å². The van der Waals surface area contributed by atoms with Crippen LogP contribution in [-0.2, 0) is 13.2 Å². The molecule has 0 fully saturated rings. The van der Waals surface area contributed by atoms with Gasteiger partial charge in [0.25, 0.3) is 0 Å². The molecule has 112 valence electrons. The Morgan fingerprint density at radius 2 is 1.81 bits per heavy atom. The van der Waals surface area contributed by atoms with Crippen molar-refractivity contribution in [3.05, 3.63) is 59.7 Å².